The molecule has 0 bridgehead atoms. The van der Waals surface area contributed by atoms with E-state index in [2.05, 4.69) is 11.2 Å². The molecule has 0 saturated heterocycles. The first-order valence-corrected chi connectivity index (χ1v) is 11.2. The number of hydrogen-bond donors (Lipinski definition) is 1. The molecule has 170 valence electrons. The van der Waals surface area contributed by atoms with Crippen LogP contribution in [-0.2, 0) is 23.1 Å². The monoisotopic (exact) mass is 462 g/mol. The standard InChI is InChI=1S/C24H25F3N2O2S/c1-15(2)23-18(13-29(28-23)20-8-6-19(7-9-20)24(25,26)27)14-32-21-10-4-17(16(3)12-21)5-11-22(30)31/h4,6-10,12-13,15H,5,11,14H2,1-3H3,(H,30,31). The second kappa shape index (κ2) is 9.81. The number of aryl methyl sites for hydroxylation is 2. The molecule has 0 saturated carbocycles. The Kier molecular flexibility index (Phi) is 7.33. The summed E-state index contributed by atoms with van der Waals surface area (Å²) in [5.74, 6) is 0.0257. The summed E-state index contributed by atoms with van der Waals surface area (Å²) in [4.78, 5) is 11.9. The van der Waals surface area contributed by atoms with Gasteiger partial charge in [0.15, 0.2) is 0 Å². The molecular weight excluding hydrogens is 437 g/mol. The van der Waals surface area contributed by atoms with Crippen LogP contribution in [0.3, 0.4) is 0 Å². The van der Waals surface area contributed by atoms with Gasteiger partial charge in [0.2, 0.25) is 0 Å². The highest BCUT2D eigenvalue weighted by Crippen LogP contribution is 2.31. The van der Waals surface area contributed by atoms with Crippen LogP contribution in [-0.4, -0.2) is 20.9 Å². The maximum Gasteiger partial charge on any atom is 0.416 e. The average Bonchev–Trinajstić information content (AvgIpc) is 3.15. The summed E-state index contributed by atoms with van der Waals surface area (Å²) < 4.78 is 40.1. The van der Waals surface area contributed by atoms with Crippen LogP contribution in [0.5, 0.6) is 0 Å². The number of benzene rings is 2. The lowest BCUT2D eigenvalue weighted by Crippen LogP contribution is -2.05. The smallest absolute Gasteiger partial charge is 0.416 e. The lowest BCUT2D eigenvalue weighted by Gasteiger charge is -2.08. The molecule has 0 fully saturated rings. The second-order valence-corrected chi connectivity index (χ2v) is 9.00. The minimum absolute atomic E-state index is 0.105. The Morgan fingerprint density at radius 2 is 1.81 bits per heavy atom. The number of carboxylic acid groups (broad SMARTS) is 1. The number of nitrogens with zero attached hydrogens (tertiary/aromatic N) is 2. The molecule has 8 heteroatoms. The lowest BCUT2D eigenvalue weighted by molar-refractivity contribution is -0.138. The van der Waals surface area contributed by atoms with Crippen LogP contribution in [0.15, 0.2) is 53.6 Å². The molecule has 0 aliphatic heterocycles. The van der Waals surface area contributed by atoms with Crippen molar-refractivity contribution in [1.82, 2.24) is 9.78 Å². The van der Waals surface area contributed by atoms with Gasteiger partial charge in [0.1, 0.15) is 0 Å². The zero-order valence-electron chi connectivity index (χ0n) is 18.1. The normalized spacial score (nSPS) is 11.8. The number of carboxylic acids is 1. The summed E-state index contributed by atoms with van der Waals surface area (Å²) >= 11 is 1.65. The van der Waals surface area contributed by atoms with Crippen molar-refractivity contribution in [3.05, 3.63) is 76.6 Å². The molecule has 0 unspecified atom stereocenters. The van der Waals surface area contributed by atoms with E-state index in [0.717, 1.165) is 39.4 Å². The number of hydrogen-bond acceptors (Lipinski definition) is 3. The molecule has 1 heterocycles. The molecule has 32 heavy (non-hydrogen) atoms. The van der Waals surface area contributed by atoms with Crippen LogP contribution < -0.4 is 0 Å². The number of alkyl halides is 3. The van der Waals surface area contributed by atoms with E-state index in [1.54, 1.807) is 16.4 Å². The molecule has 4 nitrogen and oxygen atoms in total. The number of halogens is 3. The van der Waals surface area contributed by atoms with Gasteiger partial charge in [-0.2, -0.15) is 18.3 Å². The number of thioether (sulfide) groups is 1. The summed E-state index contributed by atoms with van der Waals surface area (Å²) in [6, 6.07) is 11.0. The van der Waals surface area contributed by atoms with Crippen LogP contribution in [0.4, 0.5) is 13.2 Å². The van der Waals surface area contributed by atoms with Crippen molar-refractivity contribution < 1.29 is 23.1 Å². The third-order valence-electron chi connectivity index (χ3n) is 5.15. The van der Waals surface area contributed by atoms with Crippen molar-refractivity contribution in [3.8, 4) is 5.69 Å². The maximum atomic E-state index is 12.8. The van der Waals surface area contributed by atoms with Gasteiger partial charge in [-0.25, -0.2) is 4.68 Å². The number of aliphatic carboxylic acids is 1. The van der Waals surface area contributed by atoms with E-state index in [1.807, 2.05) is 39.1 Å². The van der Waals surface area contributed by atoms with Gasteiger partial charge in [-0.15, -0.1) is 11.8 Å². The molecule has 1 N–H and O–H groups in total. The molecule has 0 radical (unpaired) electrons. The molecular formula is C24H25F3N2O2S. The Labute approximate surface area is 189 Å². The van der Waals surface area contributed by atoms with E-state index in [-0.39, 0.29) is 12.3 Å². The quantitative estimate of drug-likeness (QED) is 0.382. The van der Waals surface area contributed by atoms with Crippen molar-refractivity contribution in [1.29, 1.82) is 0 Å². The molecule has 0 aliphatic rings. The number of aromatic nitrogens is 2. The largest absolute Gasteiger partial charge is 0.481 e. The topological polar surface area (TPSA) is 55.1 Å². The first kappa shape index (κ1) is 23.9. The fourth-order valence-corrected chi connectivity index (χ4v) is 4.37. The van der Waals surface area contributed by atoms with Gasteiger partial charge in [-0.05, 0) is 66.8 Å². The third kappa shape index (κ3) is 5.94. The van der Waals surface area contributed by atoms with Crippen molar-refractivity contribution >= 4 is 17.7 Å². The highest BCUT2D eigenvalue weighted by molar-refractivity contribution is 7.98. The lowest BCUT2D eigenvalue weighted by atomic mass is 10.0. The van der Waals surface area contributed by atoms with E-state index >= 15 is 0 Å². The summed E-state index contributed by atoms with van der Waals surface area (Å²) in [5.41, 5.74) is 3.91. The van der Waals surface area contributed by atoms with Crippen LogP contribution >= 0.6 is 11.8 Å². The van der Waals surface area contributed by atoms with Gasteiger partial charge in [-0.3, -0.25) is 4.79 Å². The van der Waals surface area contributed by atoms with Crippen LogP contribution in [0.1, 0.15) is 54.1 Å². The molecule has 0 amide bonds. The minimum atomic E-state index is -4.37. The maximum absolute atomic E-state index is 12.8. The zero-order chi connectivity index (χ0) is 23.5. The van der Waals surface area contributed by atoms with E-state index in [0.29, 0.717) is 17.9 Å². The number of carbonyl (C=O) groups is 1. The fraction of sp³-hybridized carbons (Fsp3) is 0.333. The highest BCUT2D eigenvalue weighted by Gasteiger charge is 2.30. The van der Waals surface area contributed by atoms with Gasteiger partial charge in [0.05, 0.1) is 16.9 Å². The molecule has 0 aliphatic carbocycles. The fourth-order valence-electron chi connectivity index (χ4n) is 3.40. The van der Waals surface area contributed by atoms with E-state index in [9.17, 15) is 18.0 Å². The average molecular weight is 463 g/mol. The molecule has 0 spiro atoms. The Bertz CT molecular complexity index is 1090. The third-order valence-corrected chi connectivity index (χ3v) is 6.19. The number of rotatable bonds is 8. The van der Waals surface area contributed by atoms with Crippen LogP contribution in [0, 0.1) is 6.92 Å². The highest BCUT2D eigenvalue weighted by atomic mass is 32.2. The van der Waals surface area contributed by atoms with Gasteiger partial charge in [0.25, 0.3) is 0 Å². The van der Waals surface area contributed by atoms with Gasteiger partial charge in [-0.1, -0.05) is 19.9 Å². The zero-order valence-corrected chi connectivity index (χ0v) is 18.9. The molecule has 2 aromatic carbocycles. The summed E-state index contributed by atoms with van der Waals surface area (Å²) in [7, 11) is 0. The van der Waals surface area contributed by atoms with E-state index in [1.165, 1.54) is 12.1 Å². The van der Waals surface area contributed by atoms with Crippen molar-refractivity contribution in [2.45, 2.75) is 56.4 Å². The predicted molar refractivity (Wildman–Crippen MR) is 119 cm³/mol. The molecule has 3 aromatic rings. The van der Waals surface area contributed by atoms with Gasteiger partial charge >= 0.3 is 12.1 Å². The Morgan fingerprint density at radius 1 is 1.12 bits per heavy atom. The molecule has 0 atom stereocenters. The van der Waals surface area contributed by atoms with Crippen molar-refractivity contribution in [2.24, 2.45) is 0 Å². The second-order valence-electron chi connectivity index (χ2n) is 7.95. The van der Waals surface area contributed by atoms with Crippen molar-refractivity contribution in [2.75, 3.05) is 0 Å². The van der Waals surface area contributed by atoms with Crippen molar-refractivity contribution in [3.63, 3.8) is 0 Å². The van der Waals surface area contributed by atoms with Gasteiger partial charge < -0.3 is 5.11 Å². The summed E-state index contributed by atoms with van der Waals surface area (Å²) in [6.45, 7) is 6.05. The van der Waals surface area contributed by atoms with E-state index in [4.69, 9.17) is 5.11 Å². The SMILES string of the molecule is Cc1cc(SCc2cn(-c3ccc(C(F)(F)F)cc3)nc2C(C)C)ccc1CCC(=O)O. The Morgan fingerprint density at radius 3 is 2.38 bits per heavy atom. The Hall–Kier alpha value is -2.74. The summed E-state index contributed by atoms with van der Waals surface area (Å²) in [5, 5.41) is 13.5. The first-order valence-electron chi connectivity index (χ1n) is 10.2. The molecule has 3 rings (SSSR count). The van der Waals surface area contributed by atoms with Crippen LogP contribution in [0.25, 0.3) is 5.69 Å². The molecule has 1 aromatic heterocycles. The van der Waals surface area contributed by atoms with Crippen LogP contribution in [0.2, 0.25) is 0 Å². The minimum Gasteiger partial charge on any atom is -0.481 e. The Balaban J connectivity index is 1.76. The first-order chi connectivity index (χ1) is 15.0. The van der Waals surface area contributed by atoms with E-state index < -0.39 is 17.7 Å². The predicted octanol–water partition coefficient (Wildman–Crippen LogP) is 6.63. The summed E-state index contributed by atoms with van der Waals surface area (Å²) in [6.07, 6.45) is -1.88. The van der Waals surface area contributed by atoms with Gasteiger partial charge in [0, 0.05) is 28.8 Å².